The first-order chi connectivity index (χ1) is 13.8. The average molecular weight is 423 g/mol. The van der Waals surface area contributed by atoms with Gasteiger partial charge in [-0.15, -0.1) is 0 Å². The van der Waals surface area contributed by atoms with Crippen molar-refractivity contribution in [2.45, 2.75) is 4.90 Å². The molecule has 154 valence electrons. The Morgan fingerprint density at radius 2 is 1.76 bits per heavy atom. The lowest BCUT2D eigenvalue weighted by molar-refractivity contribution is -0.385. The largest absolute Gasteiger partial charge is 0.484 e. The molecule has 0 unspecified atom stereocenters. The third-order valence-electron chi connectivity index (χ3n) is 4.43. The lowest BCUT2D eigenvalue weighted by Gasteiger charge is -2.33. The van der Waals surface area contributed by atoms with Gasteiger partial charge in [0.25, 0.3) is 11.6 Å². The van der Waals surface area contributed by atoms with Crippen LogP contribution in [0.15, 0.2) is 53.4 Å². The Hall–Kier alpha value is -3.05. The van der Waals surface area contributed by atoms with Crippen LogP contribution in [-0.4, -0.2) is 61.2 Å². The number of hydrogen-bond acceptors (Lipinski definition) is 6. The molecule has 2 aromatic carbocycles. The maximum Gasteiger partial charge on any atom is 0.270 e. The van der Waals surface area contributed by atoms with Crippen LogP contribution in [0.2, 0.25) is 0 Å². The number of benzene rings is 2. The number of hydrogen-bond donors (Lipinski definition) is 0. The van der Waals surface area contributed by atoms with Gasteiger partial charge >= 0.3 is 0 Å². The molecule has 9 nitrogen and oxygen atoms in total. The second kappa shape index (κ2) is 8.53. The average Bonchev–Trinajstić information content (AvgIpc) is 2.73. The maximum absolute atomic E-state index is 12.9. The molecule has 0 spiro atoms. The minimum absolute atomic E-state index is 0.0628. The number of nitrogens with zero attached hydrogens (tertiary/aromatic N) is 3. The highest BCUT2D eigenvalue weighted by Crippen LogP contribution is 2.22. The summed E-state index contributed by atoms with van der Waals surface area (Å²) in [5.74, 6) is -0.377. The second-order valence-corrected chi connectivity index (χ2v) is 8.22. The number of nitro benzene ring substituents is 1. The minimum atomic E-state index is -3.90. The molecule has 0 radical (unpaired) electrons. The van der Waals surface area contributed by atoms with E-state index >= 15 is 0 Å². The Balaban J connectivity index is 1.58. The predicted octanol–water partition coefficient (Wildman–Crippen LogP) is 1.65. The molecule has 1 saturated heterocycles. The second-order valence-electron chi connectivity index (χ2n) is 6.28. The third kappa shape index (κ3) is 4.87. The van der Waals surface area contributed by atoms with Crippen LogP contribution in [0, 0.1) is 15.9 Å². The fourth-order valence-electron chi connectivity index (χ4n) is 2.85. The van der Waals surface area contributed by atoms with E-state index in [1.165, 1.54) is 51.7 Å². The lowest BCUT2D eigenvalue weighted by atomic mass is 10.3. The van der Waals surface area contributed by atoms with Crippen molar-refractivity contribution in [3.63, 3.8) is 0 Å². The zero-order valence-corrected chi connectivity index (χ0v) is 16.0. The molecule has 2 aromatic rings. The molecule has 3 rings (SSSR count). The number of non-ortho nitro benzene ring substituents is 1. The van der Waals surface area contributed by atoms with Crippen LogP contribution < -0.4 is 4.74 Å². The van der Waals surface area contributed by atoms with Crippen LogP contribution in [0.1, 0.15) is 0 Å². The summed E-state index contributed by atoms with van der Waals surface area (Å²) < 4.78 is 44.8. The first kappa shape index (κ1) is 20.7. The van der Waals surface area contributed by atoms with Crippen LogP contribution in [0.4, 0.5) is 10.1 Å². The maximum atomic E-state index is 12.9. The predicted molar refractivity (Wildman–Crippen MR) is 100 cm³/mol. The van der Waals surface area contributed by atoms with E-state index in [1.807, 2.05) is 0 Å². The van der Waals surface area contributed by atoms with E-state index in [2.05, 4.69) is 0 Å². The van der Waals surface area contributed by atoms with E-state index in [0.29, 0.717) is 5.75 Å². The van der Waals surface area contributed by atoms with E-state index in [-0.39, 0.29) is 49.3 Å². The summed E-state index contributed by atoms with van der Waals surface area (Å²) in [6.45, 7) is 0.212. The van der Waals surface area contributed by atoms with Gasteiger partial charge in [-0.3, -0.25) is 14.9 Å². The van der Waals surface area contributed by atoms with Gasteiger partial charge in [-0.1, -0.05) is 6.07 Å². The highest BCUT2D eigenvalue weighted by Gasteiger charge is 2.31. The van der Waals surface area contributed by atoms with Crippen molar-refractivity contribution in [2.24, 2.45) is 0 Å². The van der Waals surface area contributed by atoms with Crippen LogP contribution in [0.25, 0.3) is 0 Å². The SMILES string of the molecule is O=C(COc1ccc(F)cc1)N1CCN(S(=O)(=O)c2cccc([N+](=O)[O-])c2)CC1. The first-order valence-electron chi connectivity index (χ1n) is 8.68. The number of carbonyl (C=O) groups excluding carboxylic acids is 1. The number of nitro groups is 1. The van der Waals surface area contributed by atoms with E-state index < -0.39 is 20.8 Å². The molecule has 0 saturated carbocycles. The van der Waals surface area contributed by atoms with Gasteiger partial charge in [0.15, 0.2) is 6.61 Å². The third-order valence-corrected chi connectivity index (χ3v) is 6.33. The molecule has 0 aromatic heterocycles. The fourth-order valence-corrected chi connectivity index (χ4v) is 4.31. The van der Waals surface area contributed by atoms with Crippen molar-refractivity contribution >= 4 is 21.6 Å². The van der Waals surface area contributed by atoms with E-state index in [4.69, 9.17) is 4.74 Å². The fraction of sp³-hybridized carbons (Fsp3) is 0.278. The molecule has 1 aliphatic rings. The Morgan fingerprint density at radius 1 is 1.10 bits per heavy atom. The van der Waals surface area contributed by atoms with Crippen LogP contribution in [-0.2, 0) is 14.8 Å². The minimum Gasteiger partial charge on any atom is -0.484 e. The van der Waals surface area contributed by atoms with Crippen LogP contribution >= 0.6 is 0 Å². The topological polar surface area (TPSA) is 110 Å². The number of sulfonamides is 1. The monoisotopic (exact) mass is 423 g/mol. The Kier molecular flexibility index (Phi) is 6.09. The van der Waals surface area contributed by atoms with Gasteiger partial charge in [0, 0.05) is 38.3 Å². The number of halogens is 1. The van der Waals surface area contributed by atoms with Crippen molar-refractivity contribution in [1.29, 1.82) is 0 Å². The summed E-state index contributed by atoms with van der Waals surface area (Å²) in [4.78, 5) is 23.8. The van der Waals surface area contributed by atoms with Crippen molar-refractivity contribution in [3.05, 3.63) is 64.5 Å². The Bertz CT molecular complexity index is 1000. The Morgan fingerprint density at radius 3 is 2.38 bits per heavy atom. The van der Waals surface area contributed by atoms with Gasteiger partial charge in [0.1, 0.15) is 11.6 Å². The van der Waals surface area contributed by atoms with Gasteiger partial charge in [-0.2, -0.15) is 4.31 Å². The summed E-state index contributed by atoms with van der Waals surface area (Å²) >= 11 is 0. The molecule has 1 aliphatic heterocycles. The van der Waals surface area contributed by atoms with Crippen molar-refractivity contribution in [3.8, 4) is 5.75 Å². The van der Waals surface area contributed by atoms with Gasteiger partial charge in [0.05, 0.1) is 9.82 Å². The molecule has 0 N–H and O–H groups in total. The number of ether oxygens (including phenoxy) is 1. The zero-order chi connectivity index (χ0) is 21.0. The summed E-state index contributed by atoms with van der Waals surface area (Å²) in [6.07, 6.45) is 0. The van der Waals surface area contributed by atoms with Gasteiger partial charge in [-0.25, -0.2) is 12.8 Å². The normalized spacial score (nSPS) is 15.1. The van der Waals surface area contributed by atoms with E-state index in [9.17, 15) is 27.7 Å². The molecule has 29 heavy (non-hydrogen) atoms. The molecule has 0 atom stereocenters. The highest BCUT2D eigenvalue weighted by atomic mass is 32.2. The summed E-state index contributed by atoms with van der Waals surface area (Å²) in [7, 11) is -3.90. The van der Waals surface area contributed by atoms with Crippen LogP contribution in [0.5, 0.6) is 5.75 Å². The van der Waals surface area contributed by atoms with E-state index in [0.717, 1.165) is 6.07 Å². The Labute approximate surface area is 166 Å². The smallest absolute Gasteiger partial charge is 0.270 e. The number of rotatable bonds is 6. The van der Waals surface area contributed by atoms with Crippen molar-refractivity contribution in [1.82, 2.24) is 9.21 Å². The van der Waals surface area contributed by atoms with Gasteiger partial charge < -0.3 is 9.64 Å². The lowest BCUT2D eigenvalue weighted by Crippen LogP contribution is -2.51. The quantitative estimate of drug-likeness (QED) is 0.516. The molecule has 11 heteroatoms. The van der Waals surface area contributed by atoms with Gasteiger partial charge in [0.2, 0.25) is 10.0 Å². The highest BCUT2D eigenvalue weighted by molar-refractivity contribution is 7.89. The standard InChI is InChI=1S/C18H18FN3O6S/c19-14-4-6-16(7-5-14)28-13-18(23)20-8-10-21(11-9-20)29(26,27)17-3-1-2-15(12-17)22(24)25/h1-7,12H,8-11,13H2. The summed E-state index contributed by atoms with van der Waals surface area (Å²) in [5, 5.41) is 10.9. The van der Waals surface area contributed by atoms with Gasteiger partial charge in [-0.05, 0) is 30.3 Å². The summed E-state index contributed by atoms with van der Waals surface area (Å²) in [6, 6.07) is 10.1. The first-order valence-corrected chi connectivity index (χ1v) is 10.1. The molecule has 0 aliphatic carbocycles. The molecule has 1 fully saturated rings. The summed E-state index contributed by atoms with van der Waals surface area (Å²) in [5.41, 5.74) is -0.308. The van der Waals surface area contributed by atoms with E-state index in [1.54, 1.807) is 0 Å². The molecular formula is C18H18FN3O6S. The number of carbonyl (C=O) groups is 1. The molecule has 1 amide bonds. The zero-order valence-electron chi connectivity index (χ0n) is 15.2. The number of amides is 1. The molecular weight excluding hydrogens is 405 g/mol. The molecule has 1 heterocycles. The van der Waals surface area contributed by atoms with Crippen molar-refractivity contribution < 1.29 is 27.3 Å². The van der Waals surface area contributed by atoms with Crippen molar-refractivity contribution in [2.75, 3.05) is 32.8 Å². The van der Waals surface area contributed by atoms with Crippen LogP contribution in [0.3, 0.4) is 0 Å². The number of piperazine rings is 1. The molecule has 0 bridgehead atoms.